The Morgan fingerprint density at radius 2 is 2.06 bits per heavy atom. The van der Waals surface area contributed by atoms with Crippen molar-refractivity contribution in [1.29, 1.82) is 0 Å². The summed E-state index contributed by atoms with van der Waals surface area (Å²) < 4.78 is 5.39. The van der Waals surface area contributed by atoms with Crippen molar-refractivity contribution in [3.63, 3.8) is 0 Å². The second-order valence-electron chi connectivity index (χ2n) is 4.77. The summed E-state index contributed by atoms with van der Waals surface area (Å²) in [6, 6.07) is 7.78. The number of likely N-dealkylation sites (tertiary alicyclic amines) is 1. The number of aliphatic carboxylic acids is 1. The van der Waals surface area contributed by atoms with Crippen molar-refractivity contribution in [2.24, 2.45) is 5.92 Å². The fourth-order valence-corrected chi connectivity index (χ4v) is 2.57. The molecule has 0 bridgehead atoms. The van der Waals surface area contributed by atoms with Gasteiger partial charge in [-0.15, -0.1) is 0 Å². The molecule has 4 heteroatoms. The highest BCUT2D eigenvalue weighted by Gasteiger charge is 2.36. The minimum absolute atomic E-state index is 0.0724. The van der Waals surface area contributed by atoms with Crippen LogP contribution in [0.2, 0.25) is 0 Å². The minimum Gasteiger partial charge on any atom is -0.494 e. The molecule has 1 saturated heterocycles. The number of carboxylic acids is 1. The van der Waals surface area contributed by atoms with E-state index < -0.39 is 5.97 Å². The van der Waals surface area contributed by atoms with Crippen molar-refractivity contribution >= 4 is 5.97 Å². The van der Waals surface area contributed by atoms with Crippen LogP contribution in [0.3, 0.4) is 0 Å². The Balaban J connectivity index is 2.16. The van der Waals surface area contributed by atoms with E-state index in [9.17, 15) is 9.90 Å². The predicted octanol–water partition coefficient (Wildman–Crippen LogP) is 1.82. The van der Waals surface area contributed by atoms with Gasteiger partial charge in [0.15, 0.2) is 0 Å². The molecular weight excluding hydrogens is 230 g/mol. The number of rotatable bonds is 4. The highest BCUT2D eigenvalue weighted by atomic mass is 16.5. The molecule has 2 rings (SSSR count). The van der Waals surface area contributed by atoms with Gasteiger partial charge in [-0.1, -0.05) is 12.1 Å². The lowest BCUT2D eigenvalue weighted by atomic mass is 9.89. The molecule has 1 aromatic carbocycles. The number of likely N-dealkylation sites (N-methyl/N-ethyl adjacent to an activating group) is 1. The first-order valence-electron chi connectivity index (χ1n) is 6.26. The van der Waals surface area contributed by atoms with Crippen LogP contribution in [0.4, 0.5) is 0 Å². The normalized spacial score (nSPS) is 24.1. The van der Waals surface area contributed by atoms with Crippen LogP contribution in [0.25, 0.3) is 0 Å². The van der Waals surface area contributed by atoms with Gasteiger partial charge in [0.05, 0.1) is 12.5 Å². The molecule has 0 amide bonds. The highest BCUT2D eigenvalue weighted by Crippen LogP contribution is 2.32. The third-order valence-electron chi connectivity index (χ3n) is 3.44. The summed E-state index contributed by atoms with van der Waals surface area (Å²) in [6.45, 7) is 4.00. The van der Waals surface area contributed by atoms with E-state index in [4.69, 9.17) is 4.74 Å². The maximum absolute atomic E-state index is 11.2. The molecule has 18 heavy (non-hydrogen) atoms. The standard InChI is InChI=1S/C14H19NO3/c1-3-18-11-6-4-10(5-7-11)12-8-15(2)9-13(12)14(16)17/h4-7,12-13H,3,8-9H2,1-2H3,(H,16,17)/t12-,13+/m1/s1. The van der Waals surface area contributed by atoms with Gasteiger partial charge in [-0.3, -0.25) is 4.79 Å². The first kappa shape index (κ1) is 12.9. The zero-order chi connectivity index (χ0) is 13.1. The van der Waals surface area contributed by atoms with Gasteiger partial charge in [0.25, 0.3) is 0 Å². The van der Waals surface area contributed by atoms with E-state index in [0.29, 0.717) is 13.2 Å². The van der Waals surface area contributed by atoms with Crippen molar-refractivity contribution in [2.75, 3.05) is 26.7 Å². The summed E-state index contributed by atoms with van der Waals surface area (Å²) in [4.78, 5) is 13.3. The van der Waals surface area contributed by atoms with Crippen molar-refractivity contribution in [3.8, 4) is 5.75 Å². The number of nitrogens with zero attached hydrogens (tertiary/aromatic N) is 1. The van der Waals surface area contributed by atoms with Crippen LogP contribution in [-0.2, 0) is 4.79 Å². The molecule has 1 heterocycles. The lowest BCUT2D eigenvalue weighted by Crippen LogP contribution is -2.21. The van der Waals surface area contributed by atoms with Gasteiger partial charge in [-0.2, -0.15) is 0 Å². The summed E-state index contributed by atoms with van der Waals surface area (Å²) in [6.07, 6.45) is 0. The van der Waals surface area contributed by atoms with E-state index in [0.717, 1.165) is 17.9 Å². The van der Waals surface area contributed by atoms with Crippen LogP contribution in [0.5, 0.6) is 5.75 Å². The Morgan fingerprint density at radius 1 is 1.39 bits per heavy atom. The molecule has 98 valence electrons. The van der Waals surface area contributed by atoms with Gasteiger partial charge in [0.2, 0.25) is 0 Å². The Hall–Kier alpha value is -1.55. The fraction of sp³-hybridized carbons (Fsp3) is 0.500. The van der Waals surface area contributed by atoms with Crippen molar-refractivity contribution in [1.82, 2.24) is 4.90 Å². The maximum atomic E-state index is 11.2. The molecule has 0 saturated carbocycles. The van der Waals surface area contributed by atoms with E-state index >= 15 is 0 Å². The molecule has 1 fully saturated rings. The largest absolute Gasteiger partial charge is 0.494 e. The van der Waals surface area contributed by atoms with Crippen molar-refractivity contribution in [2.45, 2.75) is 12.8 Å². The lowest BCUT2D eigenvalue weighted by molar-refractivity contribution is -0.141. The topological polar surface area (TPSA) is 49.8 Å². The average molecular weight is 249 g/mol. The Kier molecular flexibility index (Phi) is 3.87. The molecule has 1 aromatic rings. The van der Waals surface area contributed by atoms with Crippen LogP contribution in [-0.4, -0.2) is 42.7 Å². The molecule has 0 unspecified atom stereocenters. The smallest absolute Gasteiger partial charge is 0.308 e. The molecule has 1 aliphatic rings. The zero-order valence-corrected chi connectivity index (χ0v) is 10.8. The van der Waals surface area contributed by atoms with Crippen LogP contribution in [0, 0.1) is 5.92 Å². The number of hydrogen-bond acceptors (Lipinski definition) is 3. The molecular formula is C14H19NO3. The van der Waals surface area contributed by atoms with Gasteiger partial charge in [-0.25, -0.2) is 0 Å². The van der Waals surface area contributed by atoms with Crippen LogP contribution >= 0.6 is 0 Å². The van der Waals surface area contributed by atoms with Gasteiger partial charge < -0.3 is 14.7 Å². The van der Waals surface area contributed by atoms with Gasteiger partial charge in [0, 0.05) is 19.0 Å². The van der Waals surface area contributed by atoms with E-state index in [1.54, 1.807) is 0 Å². The molecule has 0 aliphatic carbocycles. The van der Waals surface area contributed by atoms with Crippen molar-refractivity contribution in [3.05, 3.63) is 29.8 Å². The Morgan fingerprint density at radius 3 is 2.61 bits per heavy atom. The molecule has 0 radical (unpaired) electrons. The first-order chi connectivity index (χ1) is 8.61. The lowest BCUT2D eigenvalue weighted by Gasteiger charge is -2.15. The quantitative estimate of drug-likeness (QED) is 0.884. The number of carboxylic acid groups (broad SMARTS) is 1. The number of benzene rings is 1. The summed E-state index contributed by atoms with van der Waals surface area (Å²) in [5.74, 6) is -0.117. The maximum Gasteiger partial charge on any atom is 0.308 e. The number of carbonyl (C=O) groups is 1. The van der Waals surface area contributed by atoms with Gasteiger partial charge in [-0.05, 0) is 31.7 Å². The van der Waals surface area contributed by atoms with Crippen molar-refractivity contribution < 1.29 is 14.6 Å². The molecule has 1 N–H and O–H groups in total. The summed E-state index contributed by atoms with van der Waals surface area (Å²) >= 11 is 0. The highest BCUT2D eigenvalue weighted by molar-refractivity contribution is 5.72. The van der Waals surface area contributed by atoms with Gasteiger partial charge in [0.1, 0.15) is 5.75 Å². The molecule has 2 atom stereocenters. The summed E-state index contributed by atoms with van der Waals surface area (Å²) in [5.41, 5.74) is 1.08. The second kappa shape index (κ2) is 5.40. The Labute approximate surface area is 107 Å². The second-order valence-corrected chi connectivity index (χ2v) is 4.77. The molecule has 0 aromatic heterocycles. The SMILES string of the molecule is CCOc1ccc([C@H]2CN(C)C[C@@H]2C(=O)O)cc1. The van der Waals surface area contributed by atoms with Crippen LogP contribution < -0.4 is 4.74 Å². The number of hydrogen-bond donors (Lipinski definition) is 1. The van der Waals surface area contributed by atoms with E-state index in [-0.39, 0.29) is 11.8 Å². The van der Waals surface area contributed by atoms with E-state index in [1.807, 2.05) is 38.2 Å². The molecule has 1 aliphatic heterocycles. The summed E-state index contributed by atoms with van der Waals surface area (Å²) in [5, 5.41) is 9.25. The zero-order valence-electron chi connectivity index (χ0n) is 10.8. The monoisotopic (exact) mass is 249 g/mol. The minimum atomic E-state index is -0.710. The van der Waals surface area contributed by atoms with Crippen LogP contribution in [0.15, 0.2) is 24.3 Å². The number of ether oxygens (including phenoxy) is 1. The fourth-order valence-electron chi connectivity index (χ4n) is 2.57. The summed E-state index contributed by atoms with van der Waals surface area (Å²) in [7, 11) is 1.96. The third kappa shape index (κ3) is 2.64. The van der Waals surface area contributed by atoms with E-state index in [1.165, 1.54) is 0 Å². The Bertz CT molecular complexity index is 416. The van der Waals surface area contributed by atoms with E-state index in [2.05, 4.69) is 4.90 Å². The predicted molar refractivity (Wildman–Crippen MR) is 69.0 cm³/mol. The van der Waals surface area contributed by atoms with Gasteiger partial charge >= 0.3 is 5.97 Å². The first-order valence-corrected chi connectivity index (χ1v) is 6.26. The third-order valence-corrected chi connectivity index (χ3v) is 3.44. The molecule has 0 spiro atoms. The van der Waals surface area contributed by atoms with Crippen LogP contribution in [0.1, 0.15) is 18.4 Å². The molecule has 4 nitrogen and oxygen atoms in total. The average Bonchev–Trinajstić information content (AvgIpc) is 2.73.